The fourth-order valence-electron chi connectivity index (χ4n) is 2.46. The Bertz CT molecular complexity index is 296. The van der Waals surface area contributed by atoms with E-state index < -0.39 is 11.9 Å². The van der Waals surface area contributed by atoms with Crippen LogP contribution in [0.5, 0.6) is 0 Å². The van der Waals surface area contributed by atoms with Gasteiger partial charge in [-0.2, -0.15) is 11.8 Å². The molecule has 0 radical (unpaired) electrons. The fraction of sp³-hybridized carbons (Fsp3) is 0.846. The van der Waals surface area contributed by atoms with Crippen LogP contribution in [0.2, 0.25) is 0 Å². The van der Waals surface area contributed by atoms with E-state index in [-0.39, 0.29) is 17.9 Å². The van der Waals surface area contributed by atoms with Gasteiger partial charge in [0.05, 0.1) is 11.8 Å². The third kappa shape index (κ3) is 4.52. The van der Waals surface area contributed by atoms with Crippen molar-refractivity contribution in [2.75, 3.05) is 12.0 Å². The van der Waals surface area contributed by atoms with Crippen molar-refractivity contribution >= 4 is 23.6 Å². The highest BCUT2D eigenvalue weighted by atomic mass is 32.2. The number of carbonyl (C=O) groups excluding carboxylic acids is 1. The molecule has 0 bridgehead atoms. The van der Waals surface area contributed by atoms with Crippen molar-refractivity contribution in [3.63, 3.8) is 0 Å². The number of thioether (sulfide) groups is 1. The second kappa shape index (κ2) is 7.67. The summed E-state index contributed by atoms with van der Waals surface area (Å²) >= 11 is 1.75. The fourth-order valence-corrected chi connectivity index (χ4v) is 3.05. The van der Waals surface area contributed by atoms with Gasteiger partial charge in [0.25, 0.3) is 0 Å². The van der Waals surface area contributed by atoms with E-state index in [9.17, 15) is 9.59 Å². The van der Waals surface area contributed by atoms with Crippen LogP contribution in [0.1, 0.15) is 39.0 Å². The highest BCUT2D eigenvalue weighted by Gasteiger charge is 2.35. The maximum Gasteiger partial charge on any atom is 0.307 e. The quantitative estimate of drug-likeness (QED) is 0.778. The molecular formula is C13H23NO3S. The highest BCUT2D eigenvalue weighted by Crippen LogP contribution is 2.30. The summed E-state index contributed by atoms with van der Waals surface area (Å²) in [5, 5.41) is 12.1. The molecule has 104 valence electrons. The van der Waals surface area contributed by atoms with Crippen molar-refractivity contribution in [3.8, 4) is 0 Å². The topological polar surface area (TPSA) is 66.4 Å². The van der Waals surface area contributed by atoms with E-state index in [0.29, 0.717) is 12.8 Å². The lowest BCUT2D eigenvalue weighted by atomic mass is 9.78. The first kappa shape index (κ1) is 15.3. The maximum atomic E-state index is 12.1. The Kier molecular flexibility index (Phi) is 6.54. The van der Waals surface area contributed by atoms with Crippen LogP contribution in [-0.4, -0.2) is 35.0 Å². The van der Waals surface area contributed by atoms with E-state index in [1.54, 1.807) is 11.8 Å². The average molecular weight is 273 g/mol. The molecule has 1 saturated carbocycles. The summed E-state index contributed by atoms with van der Waals surface area (Å²) in [6.45, 7) is 1.98. The van der Waals surface area contributed by atoms with E-state index in [1.807, 2.05) is 13.2 Å². The maximum absolute atomic E-state index is 12.1. The highest BCUT2D eigenvalue weighted by molar-refractivity contribution is 7.98. The lowest BCUT2D eigenvalue weighted by Gasteiger charge is -2.28. The van der Waals surface area contributed by atoms with Crippen molar-refractivity contribution in [2.24, 2.45) is 11.8 Å². The van der Waals surface area contributed by atoms with Gasteiger partial charge in [-0.1, -0.05) is 12.8 Å². The van der Waals surface area contributed by atoms with Crippen LogP contribution < -0.4 is 5.32 Å². The van der Waals surface area contributed by atoms with E-state index in [2.05, 4.69) is 5.32 Å². The number of nitrogens with one attached hydrogen (secondary N) is 1. The number of carboxylic acid groups (broad SMARTS) is 1. The summed E-state index contributed by atoms with van der Waals surface area (Å²) in [6.07, 6.45) is 6.18. The average Bonchev–Trinajstić information content (AvgIpc) is 2.36. The Labute approximate surface area is 113 Å². The smallest absolute Gasteiger partial charge is 0.307 e. The number of carbonyl (C=O) groups is 2. The molecule has 3 unspecified atom stereocenters. The monoisotopic (exact) mass is 273 g/mol. The Morgan fingerprint density at radius 3 is 2.50 bits per heavy atom. The van der Waals surface area contributed by atoms with Gasteiger partial charge in [-0.15, -0.1) is 0 Å². The zero-order valence-corrected chi connectivity index (χ0v) is 12.0. The van der Waals surface area contributed by atoms with Gasteiger partial charge in [0.1, 0.15) is 0 Å². The summed E-state index contributed by atoms with van der Waals surface area (Å²) in [5.74, 6) is -0.726. The Morgan fingerprint density at radius 1 is 1.33 bits per heavy atom. The van der Waals surface area contributed by atoms with Crippen molar-refractivity contribution in [2.45, 2.75) is 45.1 Å². The first-order chi connectivity index (χ1) is 8.56. The first-order valence-electron chi connectivity index (χ1n) is 6.58. The molecule has 1 aliphatic carbocycles. The van der Waals surface area contributed by atoms with Gasteiger partial charge in [0.2, 0.25) is 5.91 Å². The number of amides is 1. The predicted octanol–water partition coefficient (Wildman–Crippen LogP) is 2.14. The van der Waals surface area contributed by atoms with Gasteiger partial charge in [-0.05, 0) is 38.2 Å². The standard InChI is InChI=1S/C13H23NO3S/c1-9(7-8-18-2)14-12(15)10-5-3-4-6-11(10)13(16)17/h9-11H,3-8H2,1-2H3,(H,14,15)(H,16,17). The van der Waals surface area contributed by atoms with Crippen molar-refractivity contribution in [1.82, 2.24) is 5.32 Å². The SMILES string of the molecule is CSCCC(C)NC(=O)C1CCCCC1C(=O)O. The molecule has 2 N–H and O–H groups in total. The molecule has 5 heteroatoms. The molecule has 1 aliphatic rings. The zero-order valence-electron chi connectivity index (χ0n) is 11.1. The normalized spacial score (nSPS) is 25.4. The van der Waals surface area contributed by atoms with Crippen molar-refractivity contribution < 1.29 is 14.7 Å². The molecule has 0 aromatic heterocycles. The van der Waals surface area contributed by atoms with Gasteiger partial charge in [-0.25, -0.2) is 0 Å². The second-order valence-corrected chi connectivity index (χ2v) is 6.01. The number of hydrogen-bond acceptors (Lipinski definition) is 3. The Hall–Kier alpha value is -0.710. The summed E-state index contributed by atoms with van der Waals surface area (Å²) in [4.78, 5) is 23.2. The summed E-state index contributed by atoms with van der Waals surface area (Å²) in [7, 11) is 0. The Balaban J connectivity index is 2.50. The largest absolute Gasteiger partial charge is 0.481 e. The molecule has 0 aromatic carbocycles. The van der Waals surface area contributed by atoms with Gasteiger partial charge in [0, 0.05) is 6.04 Å². The summed E-state index contributed by atoms with van der Waals surface area (Å²) in [6, 6.07) is 0.126. The molecule has 0 heterocycles. The van der Waals surface area contributed by atoms with E-state index in [0.717, 1.165) is 25.0 Å². The van der Waals surface area contributed by atoms with Crippen LogP contribution in [0, 0.1) is 11.8 Å². The van der Waals surface area contributed by atoms with Crippen LogP contribution in [0.3, 0.4) is 0 Å². The lowest BCUT2D eigenvalue weighted by Crippen LogP contribution is -2.43. The van der Waals surface area contributed by atoms with Gasteiger partial charge in [-0.3, -0.25) is 9.59 Å². The molecule has 0 spiro atoms. The van der Waals surface area contributed by atoms with Crippen LogP contribution in [0.4, 0.5) is 0 Å². The minimum atomic E-state index is -0.827. The summed E-state index contributed by atoms with van der Waals surface area (Å²) in [5.41, 5.74) is 0. The molecule has 0 saturated heterocycles. The third-order valence-electron chi connectivity index (χ3n) is 3.56. The first-order valence-corrected chi connectivity index (χ1v) is 7.97. The predicted molar refractivity (Wildman–Crippen MR) is 73.7 cm³/mol. The number of aliphatic carboxylic acids is 1. The van der Waals surface area contributed by atoms with Crippen LogP contribution in [-0.2, 0) is 9.59 Å². The van der Waals surface area contributed by atoms with Gasteiger partial charge >= 0.3 is 5.97 Å². The zero-order chi connectivity index (χ0) is 13.5. The van der Waals surface area contributed by atoms with Crippen LogP contribution >= 0.6 is 11.8 Å². The molecule has 0 aliphatic heterocycles. The van der Waals surface area contributed by atoms with E-state index in [4.69, 9.17) is 5.11 Å². The van der Waals surface area contributed by atoms with Crippen LogP contribution in [0.25, 0.3) is 0 Å². The van der Waals surface area contributed by atoms with E-state index in [1.165, 1.54) is 0 Å². The minimum Gasteiger partial charge on any atom is -0.481 e. The van der Waals surface area contributed by atoms with E-state index >= 15 is 0 Å². The molecule has 18 heavy (non-hydrogen) atoms. The number of carboxylic acids is 1. The van der Waals surface area contributed by atoms with Gasteiger partial charge in [0.15, 0.2) is 0 Å². The number of rotatable bonds is 6. The molecule has 1 amide bonds. The summed E-state index contributed by atoms with van der Waals surface area (Å²) < 4.78 is 0. The number of hydrogen-bond donors (Lipinski definition) is 2. The van der Waals surface area contributed by atoms with Gasteiger partial charge < -0.3 is 10.4 Å². The Morgan fingerprint density at radius 2 is 1.94 bits per heavy atom. The second-order valence-electron chi connectivity index (χ2n) is 5.03. The lowest BCUT2D eigenvalue weighted by molar-refractivity contribution is -0.149. The molecular weight excluding hydrogens is 250 g/mol. The third-order valence-corrected chi connectivity index (χ3v) is 4.21. The molecule has 0 aromatic rings. The minimum absolute atomic E-state index is 0.0734. The molecule has 4 nitrogen and oxygen atoms in total. The molecule has 3 atom stereocenters. The van der Waals surface area contributed by atoms with Crippen molar-refractivity contribution in [3.05, 3.63) is 0 Å². The van der Waals surface area contributed by atoms with Crippen molar-refractivity contribution in [1.29, 1.82) is 0 Å². The van der Waals surface area contributed by atoms with Crippen LogP contribution in [0.15, 0.2) is 0 Å². The molecule has 1 fully saturated rings. The molecule has 1 rings (SSSR count).